The fourth-order valence-corrected chi connectivity index (χ4v) is 5.46. The molecule has 7 nitrogen and oxygen atoms in total. The predicted molar refractivity (Wildman–Crippen MR) is 121 cm³/mol. The second-order valence-corrected chi connectivity index (χ2v) is 8.60. The molecule has 1 aromatic heterocycles. The number of carbonyl (C=O) groups is 2. The van der Waals surface area contributed by atoms with Crippen LogP contribution in [-0.4, -0.2) is 36.1 Å². The molecule has 1 N–H and O–H groups in total. The summed E-state index contributed by atoms with van der Waals surface area (Å²) in [5, 5.41) is 3.19. The van der Waals surface area contributed by atoms with E-state index in [0.29, 0.717) is 10.8 Å². The Labute approximate surface area is 188 Å². The molecule has 0 bridgehead atoms. The van der Waals surface area contributed by atoms with Crippen LogP contribution in [0, 0.1) is 0 Å². The van der Waals surface area contributed by atoms with Crippen molar-refractivity contribution in [3.05, 3.63) is 82.1 Å². The molecule has 1 amide bonds. The van der Waals surface area contributed by atoms with Crippen molar-refractivity contribution in [1.29, 1.82) is 0 Å². The van der Waals surface area contributed by atoms with Crippen LogP contribution in [0.5, 0.6) is 0 Å². The Balaban J connectivity index is 1.33. The van der Waals surface area contributed by atoms with Crippen LogP contribution in [0.4, 0.5) is 10.5 Å². The standard InChI is InChI=1S/C24H20N2O5S/c1-30-23(28)20-13-32-21-11-10-19(22(27)26(20)21)25-24(29)31-12-18-16-8-4-2-6-14(16)15-7-3-5-9-17(15)18/h2-11,18,20H,12-13H2,1H3,(H,25,29)/t20-/m0/s1. The molecule has 0 unspecified atom stereocenters. The van der Waals surface area contributed by atoms with Gasteiger partial charge in [0.2, 0.25) is 0 Å². The van der Waals surface area contributed by atoms with E-state index in [4.69, 9.17) is 9.47 Å². The van der Waals surface area contributed by atoms with Crippen LogP contribution in [0.2, 0.25) is 0 Å². The SMILES string of the molecule is COC(=O)[C@@H]1CSc2ccc(NC(=O)OCC3c4ccccc4-c4ccccc43)c(=O)n21. The highest BCUT2D eigenvalue weighted by molar-refractivity contribution is 7.99. The average Bonchev–Trinajstić information content (AvgIpc) is 3.39. The minimum absolute atomic E-state index is 0.0578. The van der Waals surface area contributed by atoms with Gasteiger partial charge in [0, 0.05) is 11.7 Å². The van der Waals surface area contributed by atoms with Crippen LogP contribution >= 0.6 is 11.8 Å². The molecule has 162 valence electrons. The maximum absolute atomic E-state index is 12.9. The van der Waals surface area contributed by atoms with Gasteiger partial charge in [-0.2, -0.15) is 0 Å². The predicted octanol–water partition coefficient (Wildman–Crippen LogP) is 4.03. The molecule has 0 saturated heterocycles. The van der Waals surface area contributed by atoms with E-state index < -0.39 is 23.7 Å². The number of thioether (sulfide) groups is 1. The van der Waals surface area contributed by atoms with Gasteiger partial charge >= 0.3 is 12.1 Å². The van der Waals surface area contributed by atoms with E-state index in [1.165, 1.54) is 29.5 Å². The van der Waals surface area contributed by atoms with Gasteiger partial charge in [-0.25, -0.2) is 9.59 Å². The summed E-state index contributed by atoms with van der Waals surface area (Å²) in [6.45, 7) is 0.146. The first-order valence-electron chi connectivity index (χ1n) is 10.2. The Morgan fingerprint density at radius 1 is 1.03 bits per heavy atom. The zero-order valence-electron chi connectivity index (χ0n) is 17.2. The van der Waals surface area contributed by atoms with Crippen molar-refractivity contribution in [2.45, 2.75) is 17.0 Å². The number of pyridine rings is 1. The lowest BCUT2D eigenvalue weighted by Gasteiger charge is -2.15. The van der Waals surface area contributed by atoms with Crippen LogP contribution in [0.1, 0.15) is 23.1 Å². The van der Waals surface area contributed by atoms with Crippen molar-refractivity contribution < 1.29 is 19.1 Å². The number of nitrogens with zero attached hydrogens (tertiary/aromatic N) is 1. The summed E-state index contributed by atoms with van der Waals surface area (Å²) >= 11 is 1.39. The minimum atomic E-state index is -0.718. The van der Waals surface area contributed by atoms with E-state index in [1.807, 2.05) is 36.4 Å². The Morgan fingerprint density at radius 3 is 2.34 bits per heavy atom. The fourth-order valence-electron chi connectivity index (χ4n) is 4.34. The highest BCUT2D eigenvalue weighted by atomic mass is 32.2. The largest absolute Gasteiger partial charge is 0.467 e. The van der Waals surface area contributed by atoms with Crippen molar-refractivity contribution in [1.82, 2.24) is 4.57 Å². The molecular weight excluding hydrogens is 428 g/mol. The lowest BCUT2D eigenvalue weighted by Crippen LogP contribution is -2.32. The second-order valence-electron chi connectivity index (χ2n) is 7.56. The van der Waals surface area contributed by atoms with Gasteiger partial charge in [0.15, 0.2) is 0 Å². The van der Waals surface area contributed by atoms with Gasteiger partial charge in [-0.3, -0.25) is 14.7 Å². The van der Waals surface area contributed by atoms with Crippen LogP contribution in [-0.2, 0) is 14.3 Å². The highest BCUT2D eigenvalue weighted by Crippen LogP contribution is 2.44. The second kappa shape index (κ2) is 8.20. The number of rotatable bonds is 4. The number of methoxy groups -OCH3 is 1. The smallest absolute Gasteiger partial charge is 0.411 e. The molecule has 2 aliphatic rings. The van der Waals surface area contributed by atoms with Crippen molar-refractivity contribution in [3.63, 3.8) is 0 Å². The van der Waals surface area contributed by atoms with Gasteiger partial charge in [0.05, 0.1) is 12.1 Å². The van der Waals surface area contributed by atoms with Gasteiger partial charge in [0.1, 0.15) is 18.3 Å². The molecule has 1 aliphatic carbocycles. The highest BCUT2D eigenvalue weighted by Gasteiger charge is 2.32. The molecule has 0 fully saturated rings. The first-order valence-corrected chi connectivity index (χ1v) is 11.1. The normalized spacial score (nSPS) is 16.1. The summed E-state index contributed by atoms with van der Waals surface area (Å²) in [4.78, 5) is 37.4. The molecule has 0 spiro atoms. The maximum atomic E-state index is 12.9. The van der Waals surface area contributed by atoms with Crippen molar-refractivity contribution in [2.75, 3.05) is 24.8 Å². The number of nitrogens with one attached hydrogen (secondary N) is 1. The number of anilines is 1. The van der Waals surface area contributed by atoms with Crippen LogP contribution in [0.25, 0.3) is 11.1 Å². The van der Waals surface area contributed by atoms with Crippen molar-refractivity contribution in [3.8, 4) is 11.1 Å². The monoisotopic (exact) mass is 448 g/mol. The van der Waals surface area contributed by atoms with Crippen LogP contribution < -0.4 is 10.9 Å². The Morgan fingerprint density at radius 2 is 1.69 bits per heavy atom. The molecule has 2 heterocycles. The minimum Gasteiger partial charge on any atom is -0.467 e. The number of fused-ring (bicyclic) bond motifs is 4. The summed E-state index contributed by atoms with van der Waals surface area (Å²) in [6, 6.07) is 18.7. The summed E-state index contributed by atoms with van der Waals surface area (Å²) in [6.07, 6.45) is -0.718. The third kappa shape index (κ3) is 3.36. The lowest BCUT2D eigenvalue weighted by molar-refractivity contribution is -0.143. The van der Waals surface area contributed by atoms with E-state index >= 15 is 0 Å². The first-order chi connectivity index (χ1) is 15.6. The van der Waals surface area contributed by atoms with E-state index in [1.54, 1.807) is 6.07 Å². The van der Waals surface area contributed by atoms with Crippen molar-refractivity contribution in [2.24, 2.45) is 0 Å². The zero-order valence-corrected chi connectivity index (χ0v) is 18.1. The van der Waals surface area contributed by atoms with Gasteiger partial charge in [-0.05, 0) is 34.4 Å². The summed E-state index contributed by atoms with van der Waals surface area (Å²) in [7, 11) is 1.29. The Kier molecular flexibility index (Phi) is 5.22. The third-order valence-electron chi connectivity index (χ3n) is 5.83. The summed E-state index contributed by atoms with van der Waals surface area (Å²) in [5.41, 5.74) is 4.09. The number of aromatic nitrogens is 1. The number of hydrogen-bond donors (Lipinski definition) is 1. The molecular formula is C24H20N2O5S. The molecule has 1 atom stereocenters. The molecule has 5 rings (SSSR count). The number of ether oxygens (including phenoxy) is 2. The van der Waals surface area contributed by atoms with Crippen LogP contribution in [0.3, 0.4) is 0 Å². The van der Waals surface area contributed by atoms with E-state index in [-0.39, 0.29) is 18.2 Å². The topological polar surface area (TPSA) is 86.6 Å². The Bertz CT molecular complexity index is 1240. The lowest BCUT2D eigenvalue weighted by atomic mass is 9.98. The Hall–Kier alpha value is -3.52. The number of benzene rings is 2. The summed E-state index contributed by atoms with van der Waals surface area (Å²) in [5.74, 6) is -0.151. The van der Waals surface area contributed by atoms with Gasteiger partial charge in [-0.1, -0.05) is 48.5 Å². The number of hydrogen-bond acceptors (Lipinski definition) is 6. The fraction of sp³-hybridized carbons (Fsp3) is 0.208. The molecule has 8 heteroatoms. The summed E-state index contributed by atoms with van der Waals surface area (Å²) < 4.78 is 11.7. The van der Waals surface area contributed by atoms with Gasteiger partial charge in [0.25, 0.3) is 5.56 Å². The molecule has 32 heavy (non-hydrogen) atoms. The van der Waals surface area contributed by atoms with E-state index in [2.05, 4.69) is 17.4 Å². The number of amides is 1. The first kappa shape index (κ1) is 20.4. The maximum Gasteiger partial charge on any atom is 0.411 e. The van der Waals surface area contributed by atoms with Crippen molar-refractivity contribution >= 4 is 29.5 Å². The number of esters is 1. The number of carbonyl (C=O) groups excluding carboxylic acids is 2. The molecule has 0 saturated carbocycles. The van der Waals surface area contributed by atoms with Gasteiger partial charge < -0.3 is 9.47 Å². The average molecular weight is 449 g/mol. The quantitative estimate of drug-likeness (QED) is 0.607. The molecule has 3 aromatic rings. The molecule has 1 aliphatic heterocycles. The van der Waals surface area contributed by atoms with E-state index in [0.717, 1.165) is 22.3 Å². The van der Waals surface area contributed by atoms with E-state index in [9.17, 15) is 14.4 Å². The molecule has 0 radical (unpaired) electrons. The van der Waals surface area contributed by atoms with Crippen LogP contribution in [0.15, 0.2) is 70.5 Å². The zero-order chi connectivity index (χ0) is 22.2. The third-order valence-corrected chi connectivity index (χ3v) is 6.94. The van der Waals surface area contributed by atoms with Gasteiger partial charge in [-0.15, -0.1) is 11.8 Å². The molecule has 2 aromatic carbocycles.